The van der Waals surface area contributed by atoms with Crippen molar-refractivity contribution >= 4 is 21.7 Å². The molecular formula is C10H10F2N2O3S. The Morgan fingerprint density at radius 3 is 2.94 bits per heavy atom. The molecule has 2 rings (SSSR count). The standard InChI is InChI=1S/C10H10F2N2O3S/c1-2-17-10-13-9-8(18-10)5(15)3-7(16)14(9)4-6(11)12/h3,6,15H,2,4H2,1H3. The highest BCUT2D eigenvalue weighted by molar-refractivity contribution is 7.20. The summed E-state index contributed by atoms with van der Waals surface area (Å²) >= 11 is 1.01. The van der Waals surface area contributed by atoms with Crippen molar-refractivity contribution in [2.24, 2.45) is 0 Å². The van der Waals surface area contributed by atoms with Crippen molar-refractivity contribution in [2.45, 2.75) is 19.9 Å². The number of thiazole rings is 1. The molecular weight excluding hydrogens is 266 g/mol. The summed E-state index contributed by atoms with van der Waals surface area (Å²) in [7, 11) is 0. The van der Waals surface area contributed by atoms with Gasteiger partial charge in [0.2, 0.25) is 0 Å². The van der Waals surface area contributed by atoms with Gasteiger partial charge < -0.3 is 9.84 Å². The molecule has 0 aromatic carbocycles. The number of ether oxygens (including phenoxy) is 1. The Bertz CT molecular complexity index is 623. The number of pyridine rings is 1. The first kappa shape index (κ1) is 12.7. The van der Waals surface area contributed by atoms with E-state index in [1.807, 2.05) is 0 Å². The molecule has 0 radical (unpaired) electrons. The Morgan fingerprint density at radius 2 is 2.33 bits per heavy atom. The van der Waals surface area contributed by atoms with Gasteiger partial charge in [-0.05, 0) is 6.92 Å². The first-order valence-electron chi connectivity index (χ1n) is 5.17. The zero-order chi connectivity index (χ0) is 13.3. The van der Waals surface area contributed by atoms with Crippen molar-refractivity contribution < 1.29 is 18.6 Å². The first-order chi connectivity index (χ1) is 8.52. The molecule has 1 N–H and O–H groups in total. The molecule has 2 aromatic heterocycles. The van der Waals surface area contributed by atoms with E-state index in [1.165, 1.54) is 0 Å². The predicted octanol–water partition coefficient (Wildman–Crippen LogP) is 1.83. The smallest absolute Gasteiger partial charge is 0.275 e. The van der Waals surface area contributed by atoms with Crippen LogP contribution in [0.1, 0.15) is 6.92 Å². The maximum Gasteiger partial charge on any atom is 0.275 e. The van der Waals surface area contributed by atoms with Crippen LogP contribution in [0.5, 0.6) is 10.9 Å². The number of nitrogens with zero attached hydrogens (tertiary/aromatic N) is 2. The van der Waals surface area contributed by atoms with E-state index in [9.17, 15) is 18.7 Å². The normalized spacial score (nSPS) is 11.3. The third kappa shape index (κ3) is 2.28. The van der Waals surface area contributed by atoms with E-state index in [0.29, 0.717) is 6.61 Å². The molecule has 0 saturated carbocycles. The fourth-order valence-electron chi connectivity index (χ4n) is 1.51. The van der Waals surface area contributed by atoms with Gasteiger partial charge in [0.15, 0.2) is 5.65 Å². The molecule has 0 aliphatic rings. The lowest BCUT2D eigenvalue weighted by molar-refractivity contribution is 0.126. The Hall–Kier alpha value is -1.70. The van der Waals surface area contributed by atoms with Gasteiger partial charge in [0.25, 0.3) is 17.2 Å². The number of rotatable bonds is 4. The van der Waals surface area contributed by atoms with Gasteiger partial charge in [0.1, 0.15) is 10.4 Å². The van der Waals surface area contributed by atoms with Crippen molar-refractivity contribution in [2.75, 3.05) is 6.61 Å². The van der Waals surface area contributed by atoms with E-state index < -0.39 is 18.5 Å². The van der Waals surface area contributed by atoms with Crippen LogP contribution >= 0.6 is 11.3 Å². The molecule has 0 saturated heterocycles. The lowest BCUT2D eigenvalue weighted by Crippen LogP contribution is -2.22. The highest BCUT2D eigenvalue weighted by Crippen LogP contribution is 2.33. The summed E-state index contributed by atoms with van der Waals surface area (Å²) in [5.41, 5.74) is -0.692. The fraction of sp³-hybridized carbons (Fsp3) is 0.400. The number of alkyl halides is 2. The third-order valence-corrected chi connectivity index (χ3v) is 3.17. The summed E-state index contributed by atoms with van der Waals surface area (Å²) in [6.45, 7) is 1.35. The Kier molecular flexibility index (Phi) is 3.46. The van der Waals surface area contributed by atoms with Crippen LogP contribution in [0.15, 0.2) is 10.9 Å². The summed E-state index contributed by atoms with van der Waals surface area (Å²) in [4.78, 5) is 15.5. The molecule has 0 spiro atoms. The number of aromatic hydroxyl groups is 1. The molecule has 0 unspecified atom stereocenters. The van der Waals surface area contributed by atoms with Gasteiger partial charge in [-0.2, -0.15) is 4.98 Å². The Labute approximate surface area is 104 Å². The van der Waals surface area contributed by atoms with Gasteiger partial charge in [-0.1, -0.05) is 11.3 Å². The summed E-state index contributed by atoms with van der Waals surface area (Å²) in [6, 6.07) is 0.901. The van der Waals surface area contributed by atoms with Gasteiger partial charge >= 0.3 is 0 Å². The van der Waals surface area contributed by atoms with Crippen molar-refractivity contribution in [3.8, 4) is 10.9 Å². The molecule has 5 nitrogen and oxygen atoms in total. The van der Waals surface area contributed by atoms with Gasteiger partial charge in [-0.25, -0.2) is 8.78 Å². The van der Waals surface area contributed by atoms with Gasteiger partial charge in [-0.15, -0.1) is 0 Å². The van der Waals surface area contributed by atoms with E-state index in [0.717, 1.165) is 22.0 Å². The summed E-state index contributed by atoms with van der Waals surface area (Å²) in [5, 5.41) is 9.84. The number of halogens is 2. The first-order valence-corrected chi connectivity index (χ1v) is 5.99. The summed E-state index contributed by atoms with van der Waals surface area (Å²) in [6.07, 6.45) is -2.67. The van der Waals surface area contributed by atoms with Gasteiger partial charge in [0.05, 0.1) is 13.2 Å². The van der Waals surface area contributed by atoms with E-state index in [-0.39, 0.29) is 21.3 Å². The summed E-state index contributed by atoms with van der Waals surface area (Å²) < 4.78 is 31.0. The van der Waals surface area contributed by atoms with E-state index in [1.54, 1.807) is 6.92 Å². The number of aromatic nitrogens is 2. The minimum Gasteiger partial charge on any atom is -0.506 e. The number of hydrogen-bond donors (Lipinski definition) is 1. The molecule has 98 valence electrons. The Morgan fingerprint density at radius 1 is 1.61 bits per heavy atom. The highest BCUT2D eigenvalue weighted by atomic mass is 32.1. The Balaban J connectivity index is 2.64. The molecule has 0 aliphatic carbocycles. The van der Waals surface area contributed by atoms with Crippen molar-refractivity contribution in [1.82, 2.24) is 9.55 Å². The van der Waals surface area contributed by atoms with Crippen LogP contribution in [0.3, 0.4) is 0 Å². The number of fused-ring (bicyclic) bond motifs is 1. The monoisotopic (exact) mass is 276 g/mol. The fourth-order valence-corrected chi connectivity index (χ4v) is 2.40. The van der Waals surface area contributed by atoms with Crippen LogP contribution in [0, 0.1) is 0 Å². The average molecular weight is 276 g/mol. The van der Waals surface area contributed by atoms with Gasteiger partial charge in [0, 0.05) is 6.07 Å². The van der Waals surface area contributed by atoms with Crippen LogP contribution in [0.25, 0.3) is 10.3 Å². The van der Waals surface area contributed by atoms with E-state index in [4.69, 9.17) is 4.74 Å². The van der Waals surface area contributed by atoms with Crippen molar-refractivity contribution in [3.05, 3.63) is 16.4 Å². The third-order valence-electron chi connectivity index (χ3n) is 2.19. The minimum atomic E-state index is -2.67. The van der Waals surface area contributed by atoms with Gasteiger partial charge in [-0.3, -0.25) is 9.36 Å². The number of hydrogen-bond acceptors (Lipinski definition) is 5. The molecule has 2 aromatic rings. The lowest BCUT2D eigenvalue weighted by Gasteiger charge is -2.05. The van der Waals surface area contributed by atoms with Crippen molar-refractivity contribution in [1.29, 1.82) is 0 Å². The predicted molar refractivity (Wildman–Crippen MR) is 62.7 cm³/mol. The zero-order valence-corrected chi connectivity index (χ0v) is 10.2. The topological polar surface area (TPSA) is 64.3 Å². The average Bonchev–Trinajstić information content (AvgIpc) is 2.69. The largest absolute Gasteiger partial charge is 0.506 e. The van der Waals surface area contributed by atoms with E-state index >= 15 is 0 Å². The van der Waals surface area contributed by atoms with Crippen LogP contribution in [-0.4, -0.2) is 27.7 Å². The summed E-state index contributed by atoms with van der Waals surface area (Å²) in [5.74, 6) is -0.274. The molecule has 18 heavy (non-hydrogen) atoms. The van der Waals surface area contributed by atoms with Crippen molar-refractivity contribution in [3.63, 3.8) is 0 Å². The van der Waals surface area contributed by atoms with Crippen LogP contribution in [-0.2, 0) is 6.54 Å². The molecule has 2 heterocycles. The van der Waals surface area contributed by atoms with Crippen LogP contribution < -0.4 is 10.3 Å². The molecule has 0 fully saturated rings. The lowest BCUT2D eigenvalue weighted by atomic mass is 10.4. The quantitative estimate of drug-likeness (QED) is 0.925. The second-order valence-electron chi connectivity index (χ2n) is 3.44. The highest BCUT2D eigenvalue weighted by Gasteiger charge is 2.17. The maximum atomic E-state index is 12.4. The molecule has 0 amide bonds. The minimum absolute atomic E-state index is 0.0220. The van der Waals surface area contributed by atoms with E-state index in [2.05, 4.69) is 4.98 Å². The molecule has 0 bridgehead atoms. The molecule has 0 aliphatic heterocycles. The second kappa shape index (κ2) is 4.89. The molecule has 0 atom stereocenters. The van der Waals surface area contributed by atoms with Crippen LogP contribution in [0.2, 0.25) is 0 Å². The van der Waals surface area contributed by atoms with Crippen LogP contribution in [0.4, 0.5) is 8.78 Å². The second-order valence-corrected chi connectivity index (χ2v) is 4.40. The molecule has 8 heteroatoms. The SMILES string of the molecule is CCOc1nc2c(s1)c(O)cc(=O)n2CC(F)F. The zero-order valence-electron chi connectivity index (χ0n) is 9.39. The maximum absolute atomic E-state index is 12.4.